The molecule has 0 bridgehead atoms. The molecule has 0 saturated heterocycles. The Morgan fingerprint density at radius 3 is 2.55 bits per heavy atom. The second-order valence-corrected chi connectivity index (χ2v) is 6.92. The zero-order chi connectivity index (χ0) is 8.32. The molecule has 0 aromatic carbocycles. The van der Waals surface area contributed by atoms with Crippen molar-refractivity contribution in [2.45, 2.75) is 0 Å². The van der Waals surface area contributed by atoms with Crippen molar-refractivity contribution in [2.24, 2.45) is 0 Å². The summed E-state index contributed by atoms with van der Waals surface area (Å²) in [6.45, 7) is 0. The number of hydrogen-bond donors (Lipinski definition) is 0. The van der Waals surface area contributed by atoms with Crippen molar-refractivity contribution in [3.63, 3.8) is 0 Å². The van der Waals surface area contributed by atoms with E-state index in [0.717, 1.165) is 5.76 Å². The van der Waals surface area contributed by atoms with Gasteiger partial charge in [0.25, 0.3) is 0 Å². The smallest absolute Gasteiger partial charge is 0.177 e. The highest BCUT2D eigenvalue weighted by Crippen LogP contribution is 2.32. The van der Waals surface area contributed by atoms with Crippen LogP contribution in [-0.2, 0) is 0 Å². The van der Waals surface area contributed by atoms with Gasteiger partial charge in [0.1, 0.15) is 0 Å². The maximum atomic E-state index is 5.07. The normalized spacial score (nSPS) is 11.9. The molecule has 0 spiro atoms. The number of rotatable bonds is 0. The van der Waals surface area contributed by atoms with Gasteiger partial charge in [-0.05, 0) is 42.1 Å². The Morgan fingerprint density at radius 1 is 1.36 bits per heavy atom. The largest absolute Gasteiger partial charge is 0.456 e. The topological polar surface area (TPSA) is 13.1 Å². The summed E-state index contributed by atoms with van der Waals surface area (Å²) in [7, 11) is -0.721. The van der Waals surface area contributed by atoms with Crippen molar-refractivity contribution in [1.82, 2.24) is 0 Å². The molecule has 0 atom stereocenters. The first-order valence-corrected chi connectivity index (χ1v) is 6.18. The van der Waals surface area contributed by atoms with Gasteiger partial charge >= 0.3 is 0 Å². The lowest BCUT2D eigenvalue weighted by Gasteiger charge is -2.14. The van der Waals surface area contributed by atoms with E-state index in [2.05, 4.69) is 29.9 Å². The Hall–Kier alpha value is -0.810. The Morgan fingerprint density at radius 2 is 2.09 bits per heavy atom. The number of furan rings is 1. The first-order chi connectivity index (χ1) is 5.08. The molecular weight excluding hydrogens is 156 g/mol. The summed E-state index contributed by atoms with van der Waals surface area (Å²) in [6.07, 6.45) is 8.11. The summed E-state index contributed by atoms with van der Waals surface area (Å²) in [6, 6.07) is 3.72. The lowest BCUT2D eigenvalue weighted by atomic mass is 10.5. The predicted molar refractivity (Wildman–Crippen MR) is 50.9 cm³/mol. The molecule has 0 radical (unpaired) electrons. The molecule has 0 N–H and O–H groups in total. The van der Waals surface area contributed by atoms with E-state index < -0.39 is 10.0 Å². The van der Waals surface area contributed by atoms with E-state index in [1.54, 1.807) is 6.26 Å². The summed E-state index contributed by atoms with van der Waals surface area (Å²) < 4.78 is 5.07. The molecule has 1 nitrogen and oxygen atoms in total. The van der Waals surface area contributed by atoms with Gasteiger partial charge in [0.2, 0.25) is 0 Å². The molecule has 11 heavy (non-hydrogen) atoms. The van der Waals surface area contributed by atoms with Gasteiger partial charge in [-0.25, -0.2) is 0 Å². The third-order valence-corrected chi connectivity index (χ3v) is 1.72. The van der Waals surface area contributed by atoms with E-state index in [4.69, 9.17) is 4.42 Å². The van der Waals surface area contributed by atoms with Crippen molar-refractivity contribution in [2.75, 3.05) is 18.8 Å². The second-order valence-electron chi connectivity index (χ2n) is 3.04. The highest BCUT2D eigenvalue weighted by molar-refractivity contribution is 8.35. The zero-order valence-corrected chi connectivity index (χ0v) is 7.87. The van der Waals surface area contributed by atoms with Crippen molar-refractivity contribution >= 4 is 10.0 Å². The highest BCUT2D eigenvalue weighted by Gasteiger charge is 1.96. The summed E-state index contributed by atoms with van der Waals surface area (Å²) in [5.74, 6) is 3.74. The quantitative estimate of drug-likeness (QED) is 0.542. The fraction of sp³-hybridized carbons (Fsp3) is 0.333. The Balaban J connectivity index is 2.74. The van der Waals surface area contributed by atoms with Crippen molar-refractivity contribution in [1.29, 1.82) is 0 Å². The van der Waals surface area contributed by atoms with Crippen LogP contribution in [0.2, 0.25) is 0 Å². The minimum atomic E-state index is -0.721. The lowest BCUT2D eigenvalue weighted by molar-refractivity contribution is 0.554. The second kappa shape index (κ2) is 3.06. The molecule has 2 heteroatoms. The molecule has 1 aromatic heterocycles. The monoisotopic (exact) mass is 168 g/mol. The number of hydrogen-bond acceptors (Lipinski definition) is 1. The van der Waals surface area contributed by atoms with Gasteiger partial charge in [-0.1, -0.05) is 0 Å². The van der Waals surface area contributed by atoms with Crippen LogP contribution < -0.4 is 0 Å². The third kappa shape index (κ3) is 3.20. The van der Waals surface area contributed by atoms with Crippen LogP contribution in [0.1, 0.15) is 5.76 Å². The van der Waals surface area contributed by atoms with Gasteiger partial charge in [-0.15, -0.1) is 0 Å². The van der Waals surface area contributed by atoms with E-state index in [0.29, 0.717) is 0 Å². The summed E-state index contributed by atoms with van der Waals surface area (Å²) in [5.41, 5.74) is 0. The first kappa shape index (κ1) is 8.29. The maximum absolute atomic E-state index is 5.07. The molecule has 1 aromatic rings. The molecule has 0 amide bonds. The first-order valence-electron chi connectivity index (χ1n) is 3.32. The van der Waals surface area contributed by atoms with Gasteiger partial charge in [0, 0.05) is 0 Å². The molecule has 0 saturated carbocycles. The zero-order valence-electron chi connectivity index (χ0n) is 7.05. The Labute approximate surface area is 69.1 Å². The molecule has 0 unspecified atom stereocenters. The molecule has 1 heterocycles. The third-order valence-electron chi connectivity index (χ3n) is 1.00. The fourth-order valence-electron chi connectivity index (χ4n) is 0.553. The minimum absolute atomic E-state index is 0.721. The van der Waals surface area contributed by atoms with E-state index in [-0.39, 0.29) is 0 Å². The fourth-order valence-corrected chi connectivity index (χ4v) is 0.960. The van der Waals surface area contributed by atoms with Crippen molar-refractivity contribution in [3.8, 4) is 11.2 Å². The van der Waals surface area contributed by atoms with Crippen LogP contribution in [0.3, 0.4) is 0 Å². The average Bonchev–Trinajstić information content (AvgIpc) is 2.32. The van der Waals surface area contributed by atoms with Gasteiger partial charge in [-0.3, -0.25) is 0 Å². The van der Waals surface area contributed by atoms with Crippen molar-refractivity contribution in [3.05, 3.63) is 24.2 Å². The summed E-state index contributed by atoms with van der Waals surface area (Å²) in [5, 5.41) is 3.16. The predicted octanol–water partition coefficient (Wildman–Crippen LogP) is 2.28. The van der Waals surface area contributed by atoms with Crippen LogP contribution >= 0.6 is 10.0 Å². The molecule has 0 aliphatic heterocycles. The van der Waals surface area contributed by atoms with Gasteiger partial charge < -0.3 is 4.42 Å². The van der Waals surface area contributed by atoms with E-state index in [1.807, 2.05) is 12.1 Å². The highest BCUT2D eigenvalue weighted by atomic mass is 32.3. The molecule has 60 valence electrons. The molecule has 1 rings (SSSR count). The van der Waals surface area contributed by atoms with E-state index >= 15 is 0 Å². The summed E-state index contributed by atoms with van der Waals surface area (Å²) in [4.78, 5) is 0. The van der Waals surface area contributed by atoms with Gasteiger partial charge in [0.05, 0.1) is 6.26 Å². The van der Waals surface area contributed by atoms with E-state index in [1.165, 1.54) is 0 Å². The Kier molecular flexibility index (Phi) is 2.31. The van der Waals surface area contributed by atoms with Crippen LogP contribution in [0.15, 0.2) is 22.8 Å². The van der Waals surface area contributed by atoms with Crippen LogP contribution in [0.4, 0.5) is 0 Å². The van der Waals surface area contributed by atoms with Crippen LogP contribution in [-0.4, -0.2) is 18.8 Å². The van der Waals surface area contributed by atoms with Crippen LogP contribution in [0.5, 0.6) is 0 Å². The molecule has 0 aliphatic rings. The van der Waals surface area contributed by atoms with Crippen LogP contribution in [0.25, 0.3) is 0 Å². The average molecular weight is 168 g/mol. The van der Waals surface area contributed by atoms with Gasteiger partial charge in [-0.2, -0.15) is 10.0 Å². The maximum Gasteiger partial charge on any atom is 0.177 e. The molecular formula is C9H12OS. The summed E-state index contributed by atoms with van der Waals surface area (Å²) >= 11 is 0. The molecule has 0 aliphatic carbocycles. The minimum Gasteiger partial charge on any atom is -0.456 e. The van der Waals surface area contributed by atoms with E-state index in [9.17, 15) is 0 Å². The lowest BCUT2D eigenvalue weighted by Crippen LogP contribution is -1.84. The standard InChI is InChI=1S/C9H12OS/c1-11(2,3)8-6-9-5-4-7-10-9/h4-5,7H,1-3H3. The Bertz CT molecular complexity index is 269. The molecule has 0 fully saturated rings. The SMILES string of the molecule is CS(C)(C)C#Cc1ccco1. The van der Waals surface area contributed by atoms with Crippen molar-refractivity contribution < 1.29 is 4.42 Å². The van der Waals surface area contributed by atoms with Gasteiger partial charge in [0.15, 0.2) is 5.76 Å². The van der Waals surface area contributed by atoms with Crippen LogP contribution in [0, 0.1) is 11.2 Å².